The summed E-state index contributed by atoms with van der Waals surface area (Å²) in [5.41, 5.74) is 5.39. The van der Waals surface area contributed by atoms with E-state index in [1.54, 1.807) is 23.7 Å². The molecule has 0 spiro atoms. The van der Waals surface area contributed by atoms with Crippen LogP contribution in [0.3, 0.4) is 0 Å². The number of imidazole rings is 2. The van der Waals surface area contributed by atoms with Gasteiger partial charge >= 0.3 is 5.69 Å². The van der Waals surface area contributed by atoms with Crippen molar-refractivity contribution < 1.29 is 14.0 Å². The van der Waals surface area contributed by atoms with Crippen LogP contribution in [0.25, 0.3) is 28.1 Å². The predicted octanol–water partition coefficient (Wildman–Crippen LogP) is 4.53. The molecule has 4 aromatic heterocycles. The van der Waals surface area contributed by atoms with Crippen molar-refractivity contribution in [3.05, 3.63) is 101 Å². The van der Waals surface area contributed by atoms with Crippen LogP contribution in [-0.2, 0) is 16.6 Å². The Morgan fingerprint density at radius 1 is 0.875 bits per heavy atom. The van der Waals surface area contributed by atoms with Crippen molar-refractivity contribution in [3.8, 4) is 11.4 Å². The van der Waals surface area contributed by atoms with E-state index in [9.17, 15) is 18.8 Å². The van der Waals surface area contributed by atoms with E-state index < -0.39 is 11.9 Å². The van der Waals surface area contributed by atoms with Crippen molar-refractivity contribution in [2.24, 2.45) is 7.05 Å². The molecule has 0 bridgehead atoms. The summed E-state index contributed by atoms with van der Waals surface area (Å²) in [6.07, 6.45) is 5.26. The number of rotatable bonds is 10. The number of hydrogen-bond donors (Lipinski definition) is 2. The highest BCUT2D eigenvalue weighted by molar-refractivity contribution is 6.00. The van der Waals surface area contributed by atoms with E-state index in [-0.39, 0.29) is 29.9 Å². The highest BCUT2D eigenvalue weighted by Gasteiger charge is 2.32. The van der Waals surface area contributed by atoms with Crippen LogP contribution in [0.15, 0.2) is 83.8 Å². The van der Waals surface area contributed by atoms with Crippen LogP contribution in [0.5, 0.6) is 0 Å². The van der Waals surface area contributed by atoms with Crippen LogP contribution in [0.2, 0.25) is 0 Å². The molecule has 7 heterocycles. The number of imide groups is 1. The molecule has 0 radical (unpaired) electrons. The van der Waals surface area contributed by atoms with Gasteiger partial charge in [0.15, 0.2) is 5.65 Å². The summed E-state index contributed by atoms with van der Waals surface area (Å²) >= 11 is 0. The van der Waals surface area contributed by atoms with Crippen molar-refractivity contribution in [1.29, 1.82) is 0 Å². The van der Waals surface area contributed by atoms with Crippen molar-refractivity contribution in [2.75, 3.05) is 60.9 Å². The van der Waals surface area contributed by atoms with Gasteiger partial charge in [0.05, 0.1) is 29.0 Å². The molecule has 0 aliphatic carbocycles. The number of halogens is 1. The zero-order valence-corrected chi connectivity index (χ0v) is 31.3. The minimum Gasteiger partial charge on any atom is -0.385 e. The fourth-order valence-corrected chi connectivity index (χ4v) is 8.47. The lowest BCUT2D eigenvalue weighted by Gasteiger charge is -2.35. The molecule has 3 aliphatic rings. The molecule has 2 atom stereocenters. The van der Waals surface area contributed by atoms with Gasteiger partial charge in [0, 0.05) is 58.4 Å². The standard InChI is InChI=1S/C41H44FN11O3/c1-48-34-25-29(11-12-32(34)52(41(48)56)33-13-16-39(54)46-40(33)55)43-17-5-18-49-20-22-50(23-21-49)37-10-3-8-30(45-37)35-26-44-36-14-15-38(47-53(35)36)51-19-4-9-31(51)27-6-2-7-28(42)24-27/h2-3,6-8,10-12,14-15,24-26,31,33,43H,4-5,9,13,16-23H2,1H3,(H,46,54,55). The third-order valence-corrected chi connectivity index (χ3v) is 11.4. The predicted molar refractivity (Wildman–Crippen MR) is 212 cm³/mol. The maximum Gasteiger partial charge on any atom is 0.329 e. The Hall–Kier alpha value is -6.09. The molecule has 14 nitrogen and oxygen atoms in total. The number of nitrogens with zero attached hydrogens (tertiary/aromatic N) is 9. The molecule has 3 aliphatic heterocycles. The number of pyridine rings is 1. The Kier molecular flexibility index (Phi) is 9.45. The normalized spacial score (nSPS) is 19.3. The summed E-state index contributed by atoms with van der Waals surface area (Å²) < 4.78 is 19.0. The van der Waals surface area contributed by atoms with Crippen LogP contribution in [0.1, 0.15) is 49.8 Å². The minimum absolute atomic E-state index is 0.0701. The van der Waals surface area contributed by atoms with Crippen LogP contribution in [0, 0.1) is 5.82 Å². The second-order valence-electron chi connectivity index (χ2n) is 14.9. The quantitative estimate of drug-likeness (QED) is 0.152. The number of hydrogen-bond acceptors (Lipinski definition) is 10. The van der Waals surface area contributed by atoms with Gasteiger partial charge in [0.2, 0.25) is 11.8 Å². The fourth-order valence-electron chi connectivity index (χ4n) is 8.47. The van der Waals surface area contributed by atoms with Gasteiger partial charge in [-0.15, -0.1) is 5.10 Å². The minimum atomic E-state index is -0.699. The molecule has 288 valence electrons. The van der Waals surface area contributed by atoms with E-state index in [0.717, 1.165) is 111 Å². The Balaban J connectivity index is 0.804. The van der Waals surface area contributed by atoms with Gasteiger partial charge in [-0.05, 0) is 92.4 Å². The number of anilines is 3. The first-order valence-electron chi connectivity index (χ1n) is 19.4. The lowest BCUT2D eigenvalue weighted by atomic mass is 10.0. The third-order valence-electron chi connectivity index (χ3n) is 11.4. The van der Waals surface area contributed by atoms with Gasteiger partial charge in [0.1, 0.15) is 29.2 Å². The summed E-state index contributed by atoms with van der Waals surface area (Å²) in [7, 11) is 1.71. The molecule has 2 amide bonds. The number of aryl methyl sites for hydroxylation is 1. The van der Waals surface area contributed by atoms with Gasteiger partial charge in [-0.2, -0.15) is 0 Å². The van der Waals surface area contributed by atoms with E-state index >= 15 is 0 Å². The van der Waals surface area contributed by atoms with Crippen molar-refractivity contribution in [1.82, 2.24) is 38.9 Å². The molecule has 0 saturated carbocycles. The number of nitrogens with one attached hydrogen (secondary N) is 2. The monoisotopic (exact) mass is 757 g/mol. The number of fused-ring (bicyclic) bond motifs is 2. The van der Waals surface area contributed by atoms with Gasteiger partial charge in [-0.1, -0.05) is 18.2 Å². The first kappa shape index (κ1) is 35.6. The molecule has 15 heteroatoms. The molecular weight excluding hydrogens is 714 g/mol. The molecule has 6 aromatic rings. The summed E-state index contributed by atoms with van der Waals surface area (Å²) in [4.78, 5) is 54.1. The molecule has 2 aromatic carbocycles. The van der Waals surface area contributed by atoms with E-state index in [4.69, 9.17) is 10.1 Å². The van der Waals surface area contributed by atoms with Crippen molar-refractivity contribution in [2.45, 2.75) is 44.2 Å². The number of carbonyl (C=O) groups is 2. The lowest BCUT2D eigenvalue weighted by Crippen LogP contribution is -2.47. The molecule has 2 N–H and O–H groups in total. The highest BCUT2D eigenvalue weighted by atomic mass is 19.1. The van der Waals surface area contributed by atoms with E-state index in [1.807, 2.05) is 59.2 Å². The number of benzene rings is 2. The Labute approximate surface area is 322 Å². The average Bonchev–Trinajstić information content (AvgIpc) is 3.94. The van der Waals surface area contributed by atoms with Crippen LogP contribution < -0.4 is 26.1 Å². The Morgan fingerprint density at radius 3 is 2.57 bits per heavy atom. The summed E-state index contributed by atoms with van der Waals surface area (Å²) in [6, 6.07) is 22.1. The zero-order valence-electron chi connectivity index (χ0n) is 31.3. The number of amides is 2. The largest absolute Gasteiger partial charge is 0.385 e. The first-order valence-corrected chi connectivity index (χ1v) is 19.4. The van der Waals surface area contributed by atoms with Crippen LogP contribution >= 0.6 is 0 Å². The summed E-state index contributed by atoms with van der Waals surface area (Å²) in [5.74, 6) is 0.800. The zero-order chi connectivity index (χ0) is 38.3. The topological polar surface area (TPSA) is 138 Å². The van der Waals surface area contributed by atoms with Crippen LogP contribution in [0.4, 0.5) is 21.7 Å². The SMILES string of the molecule is Cn1c(=O)n(C2CCC(=O)NC2=O)c2ccc(NCCCN3CCN(c4cccc(-c5cnc6ccc(N7CCCC7c7cccc(F)c7)nn56)n4)CC3)cc21. The molecule has 3 fully saturated rings. The average molecular weight is 758 g/mol. The number of piperazine rings is 1. The maximum absolute atomic E-state index is 14.1. The summed E-state index contributed by atoms with van der Waals surface area (Å²) in [6.45, 7) is 6.16. The van der Waals surface area contributed by atoms with E-state index in [1.165, 1.54) is 10.6 Å². The fraction of sp³-hybridized carbons (Fsp3) is 0.366. The molecule has 2 unspecified atom stereocenters. The molecule has 56 heavy (non-hydrogen) atoms. The maximum atomic E-state index is 14.1. The smallest absolute Gasteiger partial charge is 0.329 e. The third kappa shape index (κ3) is 6.76. The second kappa shape index (κ2) is 14.9. The number of piperidine rings is 1. The first-order chi connectivity index (χ1) is 27.3. The number of carbonyl (C=O) groups excluding carboxylic acids is 2. The second-order valence-corrected chi connectivity index (χ2v) is 14.9. The Morgan fingerprint density at radius 2 is 1.73 bits per heavy atom. The van der Waals surface area contributed by atoms with Crippen LogP contribution in [-0.4, -0.2) is 91.2 Å². The van der Waals surface area contributed by atoms with Gasteiger partial charge < -0.3 is 15.1 Å². The van der Waals surface area contributed by atoms with Crippen molar-refractivity contribution >= 4 is 45.8 Å². The van der Waals surface area contributed by atoms with Gasteiger partial charge in [-0.3, -0.25) is 28.9 Å². The number of aromatic nitrogens is 6. The summed E-state index contributed by atoms with van der Waals surface area (Å²) in [5, 5.41) is 10.9. The highest BCUT2D eigenvalue weighted by Crippen LogP contribution is 2.36. The van der Waals surface area contributed by atoms with Gasteiger partial charge in [0.25, 0.3) is 0 Å². The van der Waals surface area contributed by atoms with E-state index in [2.05, 4.69) is 36.4 Å². The molecule has 9 rings (SSSR count). The molecular formula is C41H44FN11O3. The molecule has 3 saturated heterocycles. The Bertz CT molecular complexity index is 2500. The van der Waals surface area contributed by atoms with Crippen molar-refractivity contribution in [3.63, 3.8) is 0 Å². The van der Waals surface area contributed by atoms with Gasteiger partial charge in [-0.25, -0.2) is 23.7 Å². The lowest BCUT2D eigenvalue weighted by molar-refractivity contribution is -0.135. The van der Waals surface area contributed by atoms with E-state index in [0.29, 0.717) is 11.9 Å².